The molecule has 0 saturated heterocycles. The van der Waals surface area contributed by atoms with Crippen molar-refractivity contribution in [1.82, 2.24) is 4.90 Å². The fourth-order valence-electron chi connectivity index (χ4n) is 4.28. The van der Waals surface area contributed by atoms with Gasteiger partial charge in [-0.25, -0.2) is 0 Å². The molecule has 0 fully saturated rings. The van der Waals surface area contributed by atoms with Crippen LogP contribution in [0.4, 0.5) is 0 Å². The molecule has 0 amide bonds. The second-order valence-corrected chi connectivity index (χ2v) is 7.23. The van der Waals surface area contributed by atoms with E-state index < -0.39 is 11.3 Å². The first-order chi connectivity index (χ1) is 11.9. The summed E-state index contributed by atoms with van der Waals surface area (Å²) in [6.45, 7) is 4.18. The molecule has 2 aromatic carbocycles. The van der Waals surface area contributed by atoms with Crippen LogP contribution >= 0.6 is 0 Å². The largest absolute Gasteiger partial charge is 0.455 e. The molecule has 0 N–H and O–H groups in total. The Balaban J connectivity index is 2.07. The predicted octanol–water partition coefficient (Wildman–Crippen LogP) is 3.78. The van der Waals surface area contributed by atoms with E-state index in [0.29, 0.717) is 28.4 Å². The molecule has 0 radical (unpaired) electrons. The zero-order valence-electron chi connectivity index (χ0n) is 14.7. The molecule has 25 heavy (non-hydrogen) atoms. The van der Waals surface area contributed by atoms with Gasteiger partial charge in [-0.05, 0) is 36.8 Å². The number of hydrogen-bond acceptors (Lipinski definition) is 5. The Morgan fingerprint density at radius 1 is 1.08 bits per heavy atom. The Morgan fingerprint density at radius 3 is 2.44 bits per heavy atom. The van der Waals surface area contributed by atoms with Crippen LogP contribution in [0.2, 0.25) is 0 Å². The number of ketones is 1. The topological polar surface area (TPSA) is 59.0 Å². The molecule has 128 valence electrons. The van der Waals surface area contributed by atoms with Crippen LogP contribution in [0.15, 0.2) is 47.6 Å². The summed E-state index contributed by atoms with van der Waals surface area (Å²) in [5, 5.41) is 3.42. The highest BCUT2D eigenvalue weighted by atomic mass is 16.5. The van der Waals surface area contributed by atoms with Crippen molar-refractivity contribution < 1.29 is 9.53 Å². The van der Waals surface area contributed by atoms with Gasteiger partial charge in [0.15, 0.2) is 11.3 Å². The SMILES string of the molecule is CC(C)c1ccc2c(c1)OC1(N=O)c3ccccc3C(=O)C21N(C)C. The van der Waals surface area contributed by atoms with E-state index in [9.17, 15) is 9.70 Å². The minimum absolute atomic E-state index is 0.149. The highest BCUT2D eigenvalue weighted by Gasteiger charge is 2.74. The van der Waals surface area contributed by atoms with Crippen molar-refractivity contribution in [2.75, 3.05) is 14.1 Å². The third-order valence-electron chi connectivity index (χ3n) is 5.47. The number of Topliss-reactive ketones (excluding diaryl/α,β-unsaturated/α-hetero) is 1. The third-order valence-corrected chi connectivity index (χ3v) is 5.47. The van der Waals surface area contributed by atoms with Crippen LogP contribution in [0.1, 0.15) is 46.8 Å². The maximum Gasteiger partial charge on any atom is 0.295 e. The molecule has 1 heterocycles. The van der Waals surface area contributed by atoms with Gasteiger partial charge in [0.05, 0.1) is 0 Å². The molecular weight excluding hydrogens is 316 g/mol. The summed E-state index contributed by atoms with van der Waals surface area (Å²) in [7, 11) is 3.58. The van der Waals surface area contributed by atoms with Gasteiger partial charge in [0.25, 0.3) is 5.72 Å². The van der Waals surface area contributed by atoms with Crippen molar-refractivity contribution in [3.63, 3.8) is 0 Å². The van der Waals surface area contributed by atoms with Crippen molar-refractivity contribution in [2.45, 2.75) is 31.0 Å². The highest BCUT2D eigenvalue weighted by molar-refractivity contribution is 6.11. The number of carbonyl (C=O) groups is 1. The lowest BCUT2D eigenvalue weighted by Crippen LogP contribution is -2.56. The minimum atomic E-state index is -1.60. The van der Waals surface area contributed by atoms with Gasteiger partial charge in [-0.15, -0.1) is 4.91 Å². The maximum atomic E-state index is 13.5. The Morgan fingerprint density at radius 2 is 1.80 bits per heavy atom. The van der Waals surface area contributed by atoms with Gasteiger partial charge >= 0.3 is 0 Å². The van der Waals surface area contributed by atoms with E-state index in [-0.39, 0.29) is 5.78 Å². The summed E-state index contributed by atoms with van der Waals surface area (Å²) in [5.74, 6) is 0.721. The van der Waals surface area contributed by atoms with Crippen LogP contribution < -0.4 is 4.74 Å². The molecule has 0 bridgehead atoms. The molecular formula is C20H20N2O3. The van der Waals surface area contributed by atoms with Crippen molar-refractivity contribution >= 4 is 5.78 Å². The van der Waals surface area contributed by atoms with E-state index in [0.717, 1.165) is 5.56 Å². The van der Waals surface area contributed by atoms with Crippen molar-refractivity contribution in [1.29, 1.82) is 0 Å². The number of nitrogens with zero attached hydrogens (tertiary/aromatic N) is 2. The highest BCUT2D eigenvalue weighted by Crippen LogP contribution is 2.62. The quantitative estimate of drug-likeness (QED) is 0.801. The lowest BCUT2D eigenvalue weighted by Gasteiger charge is -2.37. The summed E-state index contributed by atoms with van der Waals surface area (Å²) in [6, 6.07) is 12.9. The number of likely N-dealkylation sites (N-methyl/N-ethyl adjacent to an activating group) is 1. The molecule has 1 aliphatic carbocycles. The zero-order chi connectivity index (χ0) is 18.0. The summed E-state index contributed by atoms with van der Waals surface area (Å²) in [6.07, 6.45) is 0. The first-order valence-electron chi connectivity index (χ1n) is 8.40. The Kier molecular flexibility index (Phi) is 3.19. The van der Waals surface area contributed by atoms with E-state index in [2.05, 4.69) is 19.0 Å². The van der Waals surface area contributed by atoms with Crippen LogP contribution in [0.3, 0.4) is 0 Å². The maximum absolute atomic E-state index is 13.5. The number of benzene rings is 2. The number of hydrogen-bond donors (Lipinski definition) is 0. The minimum Gasteiger partial charge on any atom is -0.455 e. The lowest BCUT2D eigenvalue weighted by atomic mass is 9.80. The molecule has 1 aliphatic heterocycles. The summed E-state index contributed by atoms with van der Waals surface area (Å²) < 4.78 is 6.18. The third kappa shape index (κ3) is 1.64. The molecule has 5 nitrogen and oxygen atoms in total. The first-order valence-corrected chi connectivity index (χ1v) is 8.40. The van der Waals surface area contributed by atoms with Crippen LogP contribution in [0.5, 0.6) is 5.75 Å². The molecule has 5 heteroatoms. The van der Waals surface area contributed by atoms with Crippen molar-refractivity contribution in [2.24, 2.45) is 5.18 Å². The summed E-state index contributed by atoms with van der Waals surface area (Å²) in [5.41, 5.74) is -0.0525. The monoisotopic (exact) mass is 336 g/mol. The van der Waals surface area contributed by atoms with Crippen molar-refractivity contribution in [3.05, 3.63) is 69.6 Å². The summed E-state index contributed by atoms with van der Waals surface area (Å²) in [4.78, 5) is 27.4. The van der Waals surface area contributed by atoms with Crippen molar-refractivity contribution in [3.8, 4) is 5.75 Å². The molecule has 0 aromatic heterocycles. The smallest absolute Gasteiger partial charge is 0.295 e. The van der Waals surface area contributed by atoms with Gasteiger partial charge < -0.3 is 4.74 Å². The molecule has 2 aromatic rings. The number of nitroso groups, excluding NO2 is 1. The standard InChI is InChI=1S/C20H20N2O3/c1-12(2)13-9-10-16-17(11-13)25-20(21-24)15-8-6-5-7-14(15)18(23)19(16,20)22(3)4/h5-12H,1-4H3. The van der Waals surface area contributed by atoms with E-state index in [1.807, 2.05) is 18.2 Å². The van der Waals surface area contributed by atoms with Crippen LogP contribution in [0.25, 0.3) is 0 Å². The van der Waals surface area contributed by atoms with E-state index >= 15 is 0 Å². The fraction of sp³-hybridized carbons (Fsp3) is 0.350. The van der Waals surface area contributed by atoms with Gasteiger partial charge in [0.1, 0.15) is 5.75 Å². The number of rotatable bonds is 3. The Bertz CT molecular complexity index is 906. The fourth-order valence-corrected chi connectivity index (χ4v) is 4.28. The van der Waals surface area contributed by atoms with Crippen LogP contribution in [0, 0.1) is 4.91 Å². The van der Waals surface area contributed by atoms with Crippen LogP contribution in [-0.4, -0.2) is 24.8 Å². The predicted molar refractivity (Wildman–Crippen MR) is 94.8 cm³/mol. The molecule has 2 aliphatic rings. The zero-order valence-corrected chi connectivity index (χ0v) is 14.7. The van der Waals surface area contributed by atoms with Crippen LogP contribution in [-0.2, 0) is 11.3 Å². The van der Waals surface area contributed by atoms with Gasteiger partial charge in [-0.1, -0.05) is 50.2 Å². The molecule has 2 atom stereocenters. The molecule has 4 rings (SSSR count). The lowest BCUT2D eigenvalue weighted by molar-refractivity contribution is -0.0275. The second-order valence-electron chi connectivity index (χ2n) is 7.23. The number of carbonyl (C=O) groups excluding carboxylic acids is 1. The number of fused-ring (bicyclic) bond motifs is 5. The Hall–Kier alpha value is -2.53. The van der Waals surface area contributed by atoms with E-state index in [1.54, 1.807) is 43.3 Å². The number of ether oxygens (including phenoxy) is 1. The van der Waals surface area contributed by atoms with Gasteiger partial charge in [-0.2, -0.15) is 0 Å². The normalized spacial score (nSPS) is 26.4. The first kappa shape index (κ1) is 16.0. The average Bonchev–Trinajstić information content (AvgIpc) is 3.02. The van der Waals surface area contributed by atoms with Gasteiger partial charge in [0, 0.05) is 16.7 Å². The van der Waals surface area contributed by atoms with Gasteiger partial charge in [0.2, 0.25) is 0 Å². The Labute approximate surface area is 146 Å². The van der Waals surface area contributed by atoms with E-state index in [1.165, 1.54) is 0 Å². The molecule has 0 spiro atoms. The summed E-state index contributed by atoms with van der Waals surface area (Å²) >= 11 is 0. The average molecular weight is 336 g/mol. The van der Waals surface area contributed by atoms with Gasteiger partial charge in [-0.3, -0.25) is 9.69 Å². The molecule has 0 saturated carbocycles. The molecule has 2 unspecified atom stereocenters. The van der Waals surface area contributed by atoms with E-state index in [4.69, 9.17) is 4.74 Å². The second kappa shape index (κ2) is 4.99.